The summed E-state index contributed by atoms with van der Waals surface area (Å²) in [5.41, 5.74) is 0. The van der Waals surface area contributed by atoms with Crippen molar-refractivity contribution in [1.82, 2.24) is 10.6 Å². The second-order valence-electron chi connectivity index (χ2n) is 4.72. The third-order valence-electron chi connectivity index (χ3n) is 2.85. The van der Waals surface area contributed by atoms with Crippen LogP contribution in [0.4, 0.5) is 4.79 Å². The van der Waals surface area contributed by atoms with Crippen LogP contribution in [0.2, 0.25) is 0 Å². The lowest BCUT2D eigenvalue weighted by molar-refractivity contribution is -0.137. The Morgan fingerprint density at radius 3 is 2.56 bits per heavy atom. The van der Waals surface area contributed by atoms with E-state index in [1.165, 1.54) is 0 Å². The number of carbonyl (C=O) groups is 2. The Kier molecular flexibility index (Phi) is 6.32. The largest absolute Gasteiger partial charge is 0.481 e. The van der Waals surface area contributed by atoms with Crippen molar-refractivity contribution in [3.05, 3.63) is 0 Å². The molecule has 5 nitrogen and oxygen atoms in total. The number of hydrogen-bond donors (Lipinski definition) is 3. The molecule has 0 aromatic rings. The zero-order chi connectivity index (χ0) is 13.5. The van der Waals surface area contributed by atoms with Crippen LogP contribution in [0.1, 0.15) is 33.1 Å². The van der Waals surface area contributed by atoms with Gasteiger partial charge >= 0.3 is 12.0 Å². The molecule has 0 saturated heterocycles. The molecule has 1 aliphatic carbocycles. The van der Waals surface area contributed by atoms with Gasteiger partial charge in [0.15, 0.2) is 0 Å². The Morgan fingerprint density at radius 1 is 1.39 bits per heavy atom. The van der Waals surface area contributed by atoms with Crippen LogP contribution in [-0.2, 0) is 4.79 Å². The zero-order valence-electron chi connectivity index (χ0n) is 10.9. The molecule has 1 rings (SSSR count). The van der Waals surface area contributed by atoms with Crippen molar-refractivity contribution >= 4 is 23.8 Å². The number of thioether (sulfide) groups is 1. The first-order valence-corrected chi connectivity index (χ1v) is 7.55. The molecular weight excluding hydrogens is 252 g/mol. The van der Waals surface area contributed by atoms with E-state index >= 15 is 0 Å². The highest BCUT2D eigenvalue weighted by Gasteiger charge is 2.33. The summed E-state index contributed by atoms with van der Waals surface area (Å²) in [5.74, 6) is 1.38. The zero-order valence-corrected chi connectivity index (χ0v) is 11.8. The van der Waals surface area contributed by atoms with Gasteiger partial charge in [-0.05, 0) is 31.4 Å². The van der Waals surface area contributed by atoms with E-state index in [0.29, 0.717) is 5.92 Å². The average Bonchev–Trinajstić information content (AvgIpc) is 3.08. The van der Waals surface area contributed by atoms with E-state index < -0.39 is 5.97 Å². The van der Waals surface area contributed by atoms with Gasteiger partial charge in [0.1, 0.15) is 0 Å². The smallest absolute Gasteiger partial charge is 0.315 e. The third-order valence-corrected chi connectivity index (χ3v) is 4.00. The van der Waals surface area contributed by atoms with Crippen LogP contribution >= 0.6 is 11.8 Å². The molecule has 0 radical (unpaired) electrons. The number of hydrogen-bond acceptors (Lipinski definition) is 3. The van der Waals surface area contributed by atoms with E-state index in [9.17, 15) is 9.59 Å². The van der Waals surface area contributed by atoms with Crippen molar-refractivity contribution in [2.45, 2.75) is 45.2 Å². The number of nitrogens with one attached hydrogen (secondary N) is 2. The molecule has 1 saturated carbocycles. The Labute approximate surface area is 112 Å². The van der Waals surface area contributed by atoms with Crippen molar-refractivity contribution in [3.8, 4) is 0 Å². The molecule has 0 aliphatic heterocycles. The van der Waals surface area contributed by atoms with E-state index in [1.54, 1.807) is 11.8 Å². The van der Waals surface area contributed by atoms with Crippen LogP contribution in [0, 0.1) is 5.92 Å². The molecule has 18 heavy (non-hydrogen) atoms. The van der Waals surface area contributed by atoms with Crippen molar-refractivity contribution in [2.75, 3.05) is 11.5 Å². The van der Waals surface area contributed by atoms with Crippen LogP contribution in [0.25, 0.3) is 0 Å². The van der Waals surface area contributed by atoms with Crippen molar-refractivity contribution in [1.29, 1.82) is 0 Å². The summed E-state index contributed by atoms with van der Waals surface area (Å²) in [6, 6.07) is -0.384. The number of carbonyl (C=O) groups excluding carboxylic acids is 1. The molecule has 0 bridgehead atoms. The quantitative estimate of drug-likeness (QED) is 0.629. The SMILES string of the molecule is CCSCC(C)NC(=O)NC(CC(=O)O)C1CC1. The second kappa shape index (κ2) is 7.51. The minimum atomic E-state index is -0.859. The first kappa shape index (κ1) is 15.1. The van der Waals surface area contributed by atoms with Crippen molar-refractivity contribution < 1.29 is 14.7 Å². The topological polar surface area (TPSA) is 78.4 Å². The molecule has 2 amide bonds. The van der Waals surface area contributed by atoms with Crippen molar-refractivity contribution in [2.24, 2.45) is 5.92 Å². The molecule has 2 atom stereocenters. The van der Waals surface area contributed by atoms with Crippen LogP contribution in [-0.4, -0.2) is 40.7 Å². The molecule has 0 heterocycles. The highest BCUT2D eigenvalue weighted by molar-refractivity contribution is 7.99. The number of urea groups is 1. The van der Waals surface area contributed by atoms with Crippen LogP contribution < -0.4 is 10.6 Å². The lowest BCUT2D eigenvalue weighted by atomic mass is 10.1. The molecule has 3 N–H and O–H groups in total. The maximum Gasteiger partial charge on any atom is 0.315 e. The van der Waals surface area contributed by atoms with Gasteiger partial charge in [-0.25, -0.2) is 4.79 Å². The minimum Gasteiger partial charge on any atom is -0.481 e. The fourth-order valence-electron chi connectivity index (χ4n) is 1.79. The first-order valence-electron chi connectivity index (χ1n) is 6.39. The normalized spacial score (nSPS) is 17.9. The maximum absolute atomic E-state index is 11.7. The van der Waals surface area contributed by atoms with Crippen LogP contribution in [0.3, 0.4) is 0 Å². The fourth-order valence-corrected chi connectivity index (χ4v) is 2.46. The average molecular weight is 274 g/mol. The lowest BCUT2D eigenvalue weighted by Gasteiger charge is -2.19. The van der Waals surface area contributed by atoms with E-state index in [4.69, 9.17) is 5.11 Å². The van der Waals surface area contributed by atoms with Gasteiger partial charge in [-0.3, -0.25) is 4.79 Å². The van der Waals surface area contributed by atoms with Gasteiger partial charge < -0.3 is 15.7 Å². The Morgan fingerprint density at radius 2 is 2.06 bits per heavy atom. The maximum atomic E-state index is 11.7. The van der Waals surface area contributed by atoms with Gasteiger partial charge in [-0.2, -0.15) is 11.8 Å². The first-order chi connectivity index (χ1) is 8.52. The van der Waals surface area contributed by atoms with E-state index in [1.807, 2.05) is 6.92 Å². The van der Waals surface area contributed by atoms with Gasteiger partial charge in [0.05, 0.1) is 6.42 Å². The van der Waals surface area contributed by atoms with Gasteiger partial charge in [-0.15, -0.1) is 0 Å². The van der Waals surface area contributed by atoms with Gasteiger partial charge in [0.2, 0.25) is 0 Å². The third kappa shape index (κ3) is 6.14. The summed E-state index contributed by atoms with van der Waals surface area (Å²) in [6.07, 6.45) is 2.04. The number of carboxylic acids is 1. The van der Waals surface area contributed by atoms with Gasteiger partial charge in [0, 0.05) is 17.8 Å². The highest BCUT2D eigenvalue weighted by atomic mass is 32.2. The summed E-state index contributed by atoms with van der Waals surface area (Å²) < 4.78 is 0. The molecule has 0 aromatic heterocycles. The Balaban J connectivity index is 2.29. The highest BCUT2D eigenvalue weighted by Crippen LogP contribution is 2.33. The number of carboxylic acid groups (broad SMARTS) is 1. The summed E-state index contributed by atoms with van der Waals surface area (Å²) in [7, 11) is 0. The van der Waals surface area contributed by atoms with E-state index in [2.05, 4.69) is 17.6 Å². The fraction of sp³-hybridized carbons (Fsp3) is 0.833. The van der Waals surface area contributed by atoms with Gasteiger partial charge in [-0.1, -0.05) is 6.92 Å². The summed E-state index contributed by atoms with van der Waals surface area (Å²) in [5, 5.41) is 14.4. The minimum absolute atomic E-state index is 0.0101. The van der Waals surface area contributed by atoms with Crippen LogP contribution in [0.5, 0.6) is 0 Å². The molecule has 0 spiro atoms. The molecule has 2 unspecified atom stereocenters. The van der Waals surface area contributed by atoms with E-state index in [0.717, 1.165) is 24.3 Å². The Bertz CT molecular complexity index is 295. The molecule has 1 fully saturated rings. The number of aliphatic carboxylic acids is 1. The molecule has 0 aromatic carbocycles. The van der Waals surface area contributed by atoms with Gasteiger partial charge in [0.25, 0.3) is 0 Å². The molecule has 6 heteroatoms. The lowest BCUT2D eigenvalue weighted by Crippen LogP contribution is -2.47. The molecule has 1 aliphatic rings. The predicted molar refractivity (Wildman–Crippen MR) is 72.9 cm³/mol. The van der Waals surface area contributed by atoms with Crippen LogP contribution in [0.15, 0.2) is 0 Å². The number of rotatable bonds is 8. The Hall–Kier alpha value is -0.910. The standard InChI is InChI=1S/C12H22N2O3S/c1-3-18-7-8(2)13-12(17)14-10(6-11(15)16)9-4-5-9/h8-10H,3-7H2,1-2H3,(H,15,16)(H2,13,14,17). The predicted octanol–water partition coefficient (Wildman–Crippen LogP) is 1.68. The second-order valence-corrected chi connectivity index (χ2v) is 6.04. The van der Waals surface area contributed by atoms with Crippen molar-refractivity contribution in [3.63, 3.8) is 0 Å². The summed E-state index contributed by atoms with van der Waals surface area (Å²) in [6.45, 7) is 4.03. The summed E-state index contributed by atoms with van der Waals surface area (Å²) in [4.78, 5) is 22.4. The molecular formula is C12H22N2O3S. The monoisotopic (exact) mass is 274 g/mol. The summed E-state index contributed by atoms with van der Waals surface area (Å²) >= 11 is 1.77. The molecule has 104 valence electrons. The number of amides is 2. The van der Waals surface area contributed by atoms with E-state index in [-0.39, 0.29) is 24.5 Å².